The smallest absolute Gasteiger partial charge is 0.329 e. The summed E-state index contributed by atoms with van der Waals surface area (Å²) in [5.74, 6) is -4.52. The Balaban J connectivity index is 2.89. The fourth-order valence-corrected chi connectivity index (χ4v) is 1.22. The summed E-state index contributed by atoms with van der Waals surface area (Å²) in [7, 11) is 0. The molecule has 0 bridgehead atoms. The highest BCUT2D eigenvalue weighted by molar-refractivity contribution is 5.77. The highest BCUT2D eigenvalue weighted by atomic mass is 19.3. The number of halogens is 2. The number of carbonyl (C=O) groups excluding carboxylic acids is 1. The molecule has 0 heterocycles. The average molecular weight is 229 g/mol. The van der Waals surface area contributed by atoms with E-state index in [1.807, 2.05) is 0 Å². The lowest BCUT2D eigenvalue weighted by Gasteiger charge is -2.22. The van der Waals surface area contributed by atoms with Crippen LogP contribution in [-0.2, 0) is 15.5 Å². The SMILES string of the molecule is CCOC(=O)[C@@H](N)C(F)(F)c1ccccc1. The van der Waals surface area contributed by atoms with E-state index < -0.39 is 17.9 Å². The van der Waals surface area contributed by atoms with Gasteiger partial charge in [-0.3, -0.25) is 4.79 Å². The Morgan fingerprint density at radius 1 is 1.44 bits per heavy atom. The number of hydrogen-bond acceptors (Lipinski definition) is 3. The summed E-state index contributed by atoms with van der Waals surface area (Å²) >= 11 is 0. The molecule has 3 nitrogen and oxygen atoms in total. The lowest BCUT2D eigenvalue weighted by molar-refractivity contribution is -0.155. The van der Waals surface area contributed by atoms with Gasteiger partial charge < -0.3 is 10.5 Å². The minimum atomic E-state index is -3.42. The molecule has 0 aromatic heterocycles. The van der Waals surface area contributed by atoms with Crippen LogP contribution in [-0.4, -0.2) is 18.6 Å². The first-order valence-corrected chi connectivity index (χ1v) is 4.85. The van der Waals surface area contributed by atoms with Gasteiger partial charge >= 0.3 is 5.97 Å². The number of carbonyl (C=O) groups is 1. The van der Waals surface area contributed by atoms with Crippen molar-refractivity contribution in [1.82, 2.24) is 0 Å². The van der Waals surface area contributed by atoms with Crippen LogP contribution in [0.25, 0.3) is 0 Å². The van der Waals surface area contributed by atoms with E-state index in [4.69, 9.17) is 5.73 Å². The maximum atomic E-state index is 13.7. The van der Waals surface area contributed by atoms with Crippen molar-refractivity contribution >= 4 is 5.97 Å². The van der Waals surface area contributed by atoms with Gasteiger partial charge in [-0.05, 0) is 6.92 Å². The third kappa shape index (κ3) is 2.55. The number of ether oxygens (including phenoxy) is 1. The molecule has 0 radical (unpaired) electrons. The Morgan fingerprint density at radius 2 is 2.00 bits per heavy atom. The van der Waals surface area contributed by atoms with Crippen LogP contribution < -0.4 is 5.73 Å². The number of nitrogens with two attached hydrogens (primary N) is 1. The van der Waals surface area contributed by atoms with E-state index in [-0.39, 0.29) is 12.2 Å². The summed E-state index contributed by atoms with van der Waals surface area (Å²) in [4.78, 5) is 11.1. The molecule has 1 rings (SSSR count). The molecule has 0 saturated carbocycles. The molecule has 0 aliphatic rings. The van der Waals surface area contributed by atoms with Crippen molar-refractivity contribution in [3.63, 3.8) is 0 Å². The molecule has 0 unspecified atom stereocenters. The maximum absolute atomic E-state index is 13.7. The Hall–Kier alpha value is -1.49. The number of esters is 1. The molecule has 1 aromatic rings. The molecule has 2 N–H and O–H groups in total. The zero-order valence-electron chi connectivity index (χ0n) is 8.82. The molecular formula is C11H13F2NO2. The van der Waals surface area contributed by atoms with Crippen molar-refractivity contribution < 1.29 is 18.3 Å². The summed E-state index contributed by atoms with van der Waals surface area (Å²) in [6.07, 6.45) is 0. The highest BCUT2D eigenvalue weighted by Crippen LogP contribution is 2.30. The molecule has 0 spiro atoms. The fraction of sp³-hybridized carbons (Fsp3) is 0.364. The minimum absolute atomic E-state index is 0.0252. The van der Waals surface area contributed by atoms with Gasteiger partial charge in [0.05, 0.1) is 6.61 Å². The van der Waals surface area contributed by atoms with Crippen molar-refractivity contribution in [3.8, 4) is 0 Å². The van der Waals surface area contributed by atoms with E-state index in [9.17, 15) is 13.6 Å². The Labute approximate surface area is 92.2 Å². The Bertz CT molecular complexity index is 354. The van der Waals surface area contributed by atoms with Crippen molar-refractivity contribution in [1.29, 1.82) is 0 Å². The van der Waals surface area contributed by atoms with Gasteiger partial charge in [-0.25, -0.2) is 0 Å². The Morgan fingerprint density at radius 3 is 2.50 bits per heavy atom. The molecule has 1 atom stereocenters. The predicted molar refractivity (Wildman–Crippen MR) is 54.9 cm³/mol. The van der Waals surface area contributed by atoms with Crippen LogP contribution in [0.3, 0.4) is 0 Å². The van der Waals surface area contributed by atoms with Crippen molar-refractivity contribution in [3.05, 3.63) is 35.9 Å². The molecule has 88 valence electrons. The molecule has 0 amide bonds. The summed E-state index contributed by atoms with van der Waals surface area (Å²) < 4.78 is 31.9. The molecule has 0 aliphatic carbocycles. The topological polar surface area (TPSA) is 52.3 Å². The van der Waals surface area contributed by atoms with E-state index >= 15 is 0 Å². The lowest BCUT2D eigenvalue weighted by atomic mass is 10.0. The number of benzene rings is 1. The normalized spacial score (nSPS) is 13.2. The molecular weight excluding hydrogens is 216 g/mol. The van der Waals surface area contributed by atoms with Crippen LogP contribution >= 0.6 is 0 Å². The predicted octanol–water partition coefficient (Wildman–Crippen LogP) is 1.67. The zero-order chi connectivity index (χ0) is 12.2. The monoisotopic (exact) mass is 229 g/mol. The Kier molecular flexibility index (Phi) is 3.95. The third-order valence-electron chi connectivity index (χ3n) is 2.09. The number of alkyl halides is 2. The van der Waals surface area contributed by atoms with E-state index in [0.29, 0.717) is 0 Å². The average Bonchev–Trinajstić information content (AvgIpc) is 2.29. The van der Waals surface area contributed by atoms with Crippen molar-refractivity contribution in [2.75, 3.05) is 6.61 Å². The summed E-state index contributed by atoms with van der Waals surface area (Å²) in [6, 6.07) is 4.99. The molecule has 1 aromatic carbocycles. The third-order valence-corrected chi connectivity index (χ3v) is 2.09. The van der Waals surface area contributed by atoms with Crippen LogP contribution in [0.15, 0.2) is 30.3 Å². The highest BCUT2D eigenvalue weighted by Gasteiger charge is 2.44. The molecule has 0 aliphatic heterocycles. The second kappa shape index (κ2) is 5.03. The van der Waals surface area contributed by atoms with Crippen LogP contribution in [0, 0.1) is 0 Å². The number of rotatable bonds is 4. The van der Waals surface area contributed by atoms with Gasteiger partial charge in [0, 0.05) is 5.56 Å². The van der Waals surface area contributed by atoms with Crippen LogP contribution in [0.4, 0.5) is 8.78 Å². The van der Waals surface area contributed by atoms with E-state index in [2.05, 4.69) is 4.74 Å². The second-order valence-corrected chi connectivity index (χ2v) is 3.22. The van der Waals surface area contributed by atoms with Crippen LogP contribution in [0.1, 0.15) is 12.5 Å². The van der Waals surface area contributed by atoms with Gasteiger partial charge in [-0.2, -0.15) is 8.78 Å². The summed E-state index contributed by atoms with van der Waals surface area (Å²) in [5, 5.41) is 0. The fourth-order valence-electron chi connectivity index (χ4n) is 1.22. The van der Waals surface area contributed by atoms with E-state index in [0.717, 1.165) is 0 Å². The van der Waals surface area contributed by atoms with Crippen molar-refractivity contribution in [2.45, 2.75) is 18.9 Å². The van der Waals surface area contributed by atoms with Gasteiger partial charge in [0.1, 0.15) is 0 Å². The number of hydrogen-bond donors (Lipinski definition) is 1. The lowest BCUT2D eigenvalue weighted by Crippen LogP contribution is -2.46. The second-order valence-electron chi connectivity index (χ2n) is 3.22. The summed E-state index contributed by atoms with van der Waals surface area (Å²) in [6.45, 7) is 1.56. The van der Waals surface area contributed by atoms with Gasteiger partial charge in [-0.1, -0.05) is 30.3 Å². The van der Waals surface area contributed by atoms with Crippen LogP contribution in [0.2, 0.25) is 0 Å². The minimum Gasteiger partial charge on any atom is -0.465 e. The largest absolute Gasteiger partial charge is 0.465 e. The van der Waals surface area contributed by atoms with Gasteiger partial charge in [0.25, 0.3) is 5.92 Å². The molecule has 0 fully saturated rings. The first kappa shape index (κ1) is 12.6. The van der Waals surface area contributed by atoms with Crippen molar-refractivity contribution in [2.24, 2.45) is 5.73 Å². The maximum Gasteiger partial charge on any atom is 0.329 e. The molecule has 5 heteroatoms. The summed E-state index contributed by atoms with van der Waals surface area (Å²) in [5.41, 5.74) is 4.89. The van der Waals surface area contributed by atoms with Crippen LogP contribution in [0.5, 0.6) is 0 Å². The first-order valence-electron chi connectivity index (χ1n) is 4.85. The van der Waals surface area contributed by atoms with Gasteiger partial charge in [0.15, 0.2) is 6.04 Å². The van der Waals surface area contributed by atoms with Gasteiger partial charge in [-0.15, -0.1) is 0 Å². The van der Waals surface area contributed by atoms with E-state index in [1.165, 1.54) is 31.2 Å². The van der Waals surface area contributed by atoms with Gasteiger partial charge in [0.2, 0.25) is 0 Å². The molecule has 0 saturated heterocycles. The zero-order valence-corrected chi connectivity index (χ0v) is 8.82. The van der Waals surface area contributed by atoms with E-state index in [1.54, 1.807) is 6.07 Å². The first-order chi connectivity index (χ1) is 7.50. The standard InChI is InChI=1S/C11H13F2NO2/c1-2-16-10(15)9(14)11(12,13)8-6-4-3-5-7-8/h3-7,9H,2,14H2,1H3/t9-/m1/s1. The quantitative estimate of drug-likeness (QED) is 0.799. The molecule has 16 heavy (non-hydrogen) atoms.